The second-order valence-electron chi connectivity index (χ2n) is 16.2. The molecule has 6 aromatic carbocycles. The number of halogens is 3. The maximum absolute atomic E-state index is 13.0. The van der Waals surface area contributed by atoms with E-state index in [1.807, 2.05) is 18.2 Å². The van der Waals surface area contributed by atoms with Crippen LogP contribution in [0.1, 0.15) is 59.9 Å². The van der Waals surface area contributed by atoms with Crippen molar-refractivity contribution in [2.45, 2.75) is 64.2 Å². The fourth-order valence-electron chi connectivity index (χ4n) is 6.64. The van der Waals surface area contributed by atoms with Crippen LogP contribution in [0, 0.1) is 5.82 Å². The highest BCUT2D eigenvalue weighted by atomic mass is 35.5. The molecule has 0 radical (unpaired) electrons. The minimum Gasteiger partial charge on any atom is -0.508 e. The van der Waals surface area contributed by atoms with Gasteiger partial charge in [0.15, 0.2) is 11.5 Å². The first-order valence-corrected chi connectivity index (χ1v) is 24.2. The van der Waals surface area contributed by atoms with Crippen LogP contribution in [-0.4, -0.2) is 116 Å². The zero-order valence-electron chi connectivity index (χ0n) is 43.5. The molecule has 0 bridgehead atoms. The van der Waals surface area contributed by atoms with E-state index in [-0.39, 0.29) is 136 Å². The summed E-state index contributed by atoms with van der Waals surface area (Å²) in [6.07, 6.45) is 1.91. The highest BCUT2D eigenvalue weighted by Gasteiger charge is 2.17. The molecule has 0 aliphatic heterocycles. The van der Waals surface area contributed by atoms with Crippen molar-refractivity contribution in [3.63, 3.8) is 0 Å². The van der Waals surface area contributed by atoms with Crippen LogP contribution < -0.4 is 0 Å². The summed E-state index contributed by atoms with van der Waals surface area (Å²) in [5.41, 5.74) is 3.10. The predicted octanol–water partition coefficient (Wildman–Crippen LogP) is 9.13. The molecule has 23 heteroatoms. The Morgan fingerprint density at radius 2 is 0.747 bits per heavy atom. The molecule has 0 saturated carbocycles. The van der Waals surface area contributed by atoms with E-state index in [1.54, 1.807) is 18.2 Å². The van der Waals surface area contributed by atoms with Gasteiger partial charge in [-0.2, -0.15) is 4.39 Å². The molecule has 6 rings (SSSR count). The van der Waals surface area contributed by atoms with E-state index in [1.165, 1.54) is 90.1 Å². The first kappa shape index (κ1) is 66.3. The van der Waals surface area contributed by atoms with Crippen molar-refractivity contribution in [3.8, 4) is 68.6 Å². The van der Waals surface area contributed by atoms with E-state index in [0.29, 0.717) is 35.1 Å². The van der Waals surface area contributed by atoms with Crippen molar-refractivity contribution >= 4 is 53.0 Å². The SMILES string of the molecule is COC(=O)CCc1c(O)ccc(Cl)c1O.COC(=O)CCc1c(O)cccc1O.COC(=O)CCc1ccc(O)c(-c2ccccc2)c1O.COC(=O)CCc1ccc(O)c(Cl)c1O.COC(=O)CCc1ccc(O)c(F)c1O. The number of aryl methyl sites for hydroxylation is 3. The van der Waals surface area contributed by atoms with E-state index >= 15 is 0 Å². The van der Waals surface area contributed by atoms with Crippen molar-refractivity contribution in [3.05, 3.63) is 141 Å². The van der Waals surface area contributed by atoms with E-state index in [4.69, 9.17) is 33.4 Å². The largest absolute Gasteiger partial charge is 0.508 e. The molecule has 20 nitrogen and oxygen atoms in total. The molecule has 0 aromatic heterocycles. The van der Waals surface area contributed by atoms with Gasteiger partial charge in [0.25, 0.3) is 0 Å². The average Bonchev–Trinajstić information content (AvgIpc) is 3.45. The smallest absolute Gasteiger partial charge is 0.305 e. The number of rotatable bonds is 16. The molecule has 0 unspecified atom stereocenters. The summed E-state index contributed by atoms with van der Waals surface area (Å²) in [4.78, 5) is 54.5. The Bertz CT molecular complexity index is 2890. The fraction of sp³-hybridized carbons (Fsp3) is 0.268. The van der Waals surface area contributed by atoms with Gasteiger partial charge in [0.1, 0.15) is 51.0 Å². The molecule has 0 aliphatic rings. The quantitative estimate of drug-likeness (QED) is 0.0319. The minimum absolute atomic E-state index is 0.0000954. The molecular weight excluding hydrogens is 1080 g/mol. The number of benzene rings is 6. The van der Waals surface area contributed by atoms with E-state index < -0.39 is 29.3 Å². The summed E-state index contributed by atoms with van der Waals surface area (Å²) in [6, 6.07) is 24.8. The van der Waals surface area contributed by atoms with Crippen LogP contribution in [0.3, 0.4) is 0 Å². The Kier molecular flexibility index (Phi) is 28.6. The number of hydrogen-bond donors (Lipinski definition) is 10. The summed E-state index contributed by atoms with van der Waals surface area (Å²) in [5.74, 6) is -4.89. The summed E-state index contributed by atoms with van der Waals surface area (Å²) in [6.45, 7) is 0. The van der Waals surface area contributed by atoms with Crippen LogP contribution in [0.25, 0.3) is 11.1 Å². The van der Waals surface area contributed by atoms with E-state index in [9.17, 15) is 69.2 Å². The Morgan fingerprint density at radius 3 is 1.20 bits per heavy atom. The summed E-state index contributed by atoms with van der Waals surface area (Å²) in [5, 5.41) is 94.8. The van der Waals surface area contributed by atoms with E-state index in [0.717, 1.165) is 11.6 Å². The number of esters is 5. The van der Waals surface area contributed by atoms with Crippen LogP contribution in [0.4, 0.5) is 4.39 Å². The lowest BCUT2D eigenvalue weighted by molar-refractivity contribution is -0.141. The second-order valence-corrected chi connectivity index (χ2v) is 17.0. The van der Waals surface area contributed by atoms with Crippen molar-refractivity contribution in [1.29, 1.82) is 0 Å². The van der Waals surface area contributed by atoms with Crippen LogP contribution in [0.15, 0.2) is 97.1 Å². The number of carbonyl (C=O) groups excluding carboxylic acids is 5. The van der Waals surface area contributed by atoms with E-state index in [2.05, 4.69) is 23.7 Å². The molecule has 0 amide bonds. The Balaban J connectivity index is 0.000000340. The van der Waals surface area contributed by atoms with Crippen LogP contribution >= 0.6 is 23.2 Å². The molecule has 10 N–H and O–H groups in total. The molecule has 6 aromatic rings. The summed E-state index contributed by atoms with van der Waals surface area (Å²) in [7, 11) is 6.45. The maximum Gasteiger partial charge on any atom is 0.305 e. The highest BCUT2D eigenvalue weighted by Crippen LogP contribution is 2.40. The number of aromatic hydroxyl groups is 10. The second kappa shape index (κ2) is 34.1. The third-order valence-electron chi connectivity index (χ3n) is 11.1. The highest BCUT2D eigenvalue weighted by molar-refractivity contribution is 6.33. The first-order valence-electron chi connectivity index (χ1n) is 23.5. The maximum atomic E-state index is 13.0. The minimum atomic E-state index is -1.07. The average molecular weight is 1140 g/mol. The molecular formula is C56H61Cl2FO20. The topological polar surface area (TPSA) is 334 Å². The van der Waals surface area contributed by atoms with Crippen molar-refractivity contribution in [2.75, 3.05) is 35.5 Å². The van der Waals surface area contributed by atoms with Gasteiger partial charge in [-0.25, -0.2) is 0 Å². The molecule has 426 valence electrons. The third kappa shape index (κ3) is 21.6. The Labute approximate surface area is 463 Å². The van der Waals surface area contributed by atoms with Crippen molar-refractivity contribution < 1.29 is 103 Å². The number of carbonyl (C=O) groups is 5. The Morgan fingerprint density at radius 1 is 0.380 bits per heavy atom. The number of hydrogen-bond acceptors (Lipinski definition) is 20. The lowest BCUT2D eigenvalue weighted by atomic mass is 9.98. The zero-order valence-corrected chi connectivity index (χ0v) is 45.0. The van der Waals surface area contributed by atoms with Crippen LogP contribution in [0.5, 0.6) is 57.5 Å². The van der Waals surface area contributed by atoms with Gasteiger partial charge in [0, 0.05) is 43.2 Å². The standard InChI is InChI=1S/C16H16O4.2C10H11ClO4.C10H11FO4.C10H12O4/c1-20-14(18)10-8-12-7-9-13(17)15(16(12)19)11-5-3-2-4-6-11;1-15-9(13)5-2-6-8(12)4-3-7(11)10(6)14;2*1-15-8(13)5-3-6-2-4-7(12)9(11)10(6)14;1-14-10(13)6-5-7-8(11)3-2-4-9(7)12/h2-7,9,17,19H,8,10H2,1H3;3-4,12,14H,2,5H2,1H3;2*2,4,12,14H,3,5H2,1H3;2-4,11-12H,5-6H2,1H3. The van der Waals surface area contributed by atoms with Gasteiger partial charge in [-0.05, 0) is 96.8 Å². The molecule has 79 heavy (non-hydrogen) atoms. The number of phenolic OH excluding ortho intramolecular Hbond substituents is 10. The van der Waals surface area contributed by atoms with Crippen LogP contribution in [0.2, 0.25) is 10.0 Å². The molecule has 0 fully saturated rings. The van der Waals surface area contributed by atoms with Gasteiger partial charge in [-0.1, -0.05) is 77.8 Å². The van der Waals surface area contributed by atoms with Gasteiger partial charge < -0.3 is 74.7 Å². The van der Waals surface area contributed by atoms with Gasteiger partial charge in [-0.3, -0.25) is 24.0 Å². The van der Waals surface area contributed by atoms with Crippen molar-refractivity contribution in [1.82, 2.24) is 0 Å². The summed E-state index contributed by atoms with van der Waals surface area (Å²) < 4.78 is 35.3. The molecule has 0 atom stereocenters. The van der Waals surface area contributed by atoms with Gasteiger partial charge in [-0.15, -0.1) is 0 Å². The monoisotopic (exact) mass is 1140 g/mol. The Hall–Kier alpha value is -8.82. The van der Waals surface area contributed by atoms with Crippen molar-refractivity contribution in [2.24, 2.45) is 0 Å². The predicted molar refractivity (Wildman–Crippen MR) is 286 cm³/mol. The van der Waals surface area contributed by atoms with Gasteiger partial charge in [0.2, 0.25) is 5.82 Å². The lowest BCUT2D eigenvalue weighted by Crippen LogP contribution is -2.02. The number of ether oxygens (including phenoxy) is 5. The first-order chi connectivity index (χ1) is 37.5. The summed E-state index contributed by atoms with van der Waals surface area (Å²) >= 11 is 11.3. The molecule has 0 aliphatic carbocycles. The zero-order chi connectivity index (χ0) is 59.4. The van der Waals surface area contributed by atoms with Crippen LogP contribution in [-0.2, 0) is 79.8 Å². The van der Waals surface area contributed by atoms with Gasteiger partial charge in [0.05, 0.1) is 46.1 Å². The molecule has 0 spiro atoms. The van der Waals surface area contributed by atoms with Gasteiger partial charge >= 0.3 is 29.8 Å². The number of methoxy groups -OCH3 is 5. The number of phenols is 10. The lowest BCUT2D eigenvalue weighted by Gasteiger charge is -2.11. The molecule has 0 heterocycles. The molecule has 0 saturated heterocycles. The normalized spacial score (nSPS) is 10.0. The third-order valence-corrected chi connectivity index (χ3v) is 11.8. The fourth-order valence-corrected chi connectivity index (χ4v) is 7.00.